The van der Waals surface area contributed by atoms with Gasteiger partial charge in [-0.3, -0.25) is 4.79 Å². The fourth-order valence-electron chi connectivity index (χ4n) is 3.01. The van der Waals surface area contributed by atoms with Crippen molar-refractivity contribution in [1.82, 2.24) is 20.1 Å². The van der Waals surface area contributed by atoms with Gasteiger partial charge in [0.1, 0.15) is 0 Å². The Morgan fingerprint density at radius 3 is 3.04 bits per heavy atom. The van der Waals surface area contributed by atoms with Crippen LogP contribution in [0.3, 0.4) is 0 Å². The largest absolute Gasteiger partial charge is 0.381 e. The highest BCUT2D eigenvalue weighted by molar-refractivity contribution is 6.05. The number of ether oxygens (including phenoxy) is 1. The van der Waals surface area contributed by atoms with Gasteiger partial charge < -0.3 is 10.1 Å². The molecule has 124 valence electrons. The van der Waals surface area contributed by atoms with E-state index in [1.54, 1.807) is 6.20 Å². The van der Waals surface area contributed by atoms with E-state index in [1.165, 1.54) is 0 Å². The van der Waals surface area contributed by atoms with Gasteiger partial charge in [-0.1, -0.05) is 0 Å². The van der Waals surface area contributed by atoms with Crippen molar-refractivity contribution in [3.05, 3.63) is 23.5 Å². The minimum atomic E-state index is -0.0608. The first kappa shape index (κ1) is 15.9. The highest BCUT2D eigenvalue weighted by Crippen LogP contribution is 2.21. The summed E-state index contributed by atoms with van der Waals surface area (Å²) >= 11 is 0. The van der Waals surface area contributed by atoms with Crippen molar-refractivity contribution in [3.63, 3.8) is 0 Å². The smallest absolute Gasteiger partial charge is 0.252 e. The Labute approximate surface area is 136 Å². The summed E-state index contributed by atoms with van der Waals surface area (Å²) in [5.74, 6) is 0.346. The van der Waals surface area contributed by atoms with Crippen LogP contribution in [0.5, 0.6) is 0 Å². The summed E-state index contributed by atoms with van der Waals surface area (Å²) in [4.78, 5) is 17.2. The molecule has 0 aromatic carbocycles. The molecule has 0 spiro atoms. The lowest BCUT2D eigenvalue weighted by atomic mass is 10.0. The average molecular weight is 316 g/mol. The molecular formula is C17H24N4O2. The summed E-state index contributed by atoms with van der Waals surface area (Å²) in [6, 6.07) is 2.04. The molecule has 1 aliphatic heterocycles. The predicted octanol–water partition coefficient (Wildman–Crippen LogP) is 2.48. The molecule has 6 nitrogen and oxygen atoms in total. The summed E-state index contributed by atoms with van der Waals surface area (Å²) in [6.45, 7) is 8.24. The summed E-state index contributed by atoms with van der Waals surface area (Å²) in [5, 5.41) is 8.23. The first-order chi connectivity index (χ1) is 11.1. The number of nitrogens with one attached hydrogen (secondary N) is 1. The van der Waals surface area contributed by atoms with Gasteiger partial charge in [0.05, 0.1) is 23.8 Å². The quantitative estimate of drug-likeness (QED) is 0.941. The van der Waals surface area contributed by atoms with Crippen molar-refractivity contribution in [3.8, 4) is 0 Å². The molecule has 1 fully saturated rings. The maximum atomic E-state index is 12.6. The minimum Gasteiger partial charge on any atom is -0.381 e. The van der Waals surface area contributed by atoms with E-state index in [1.807, 2.05) is 17.7 Å². The number of nitrogens with zero attached hydrogens (tertiary/aromatic N) is 3. The van der Waals surface area contributed by atoms with Crippen LogP contribution in [-0.2, 0) is 4.74 Å². The van der Waals surface area contributed by atoms with Gasteiger partial charge in [-0.15, -0.1) is 0 Å². The topological polar surface area (TPSA) is 69.0 Å². The number of pyridine rings is 1. The average Bonchev–Trinajstić information content (AvgIpc) is 2.96. The number of rotatable bonds is 4. The molecule has 3 rings (SSSR count). The lowest BCUT2D eigenvalue weighted by Crippen LogP contribution is -2.33. The summed E-state index contributed by atoms with van der Waals surface area (Å²) in [5.41, 5.74) is 2.24. The van der Waals surface area contributed by atoms with Crippen LogP contribution in [0.1, 0.15) is 48.8 Å². The molecule has 1 atom stereocenters. The van der Waals surface area contributed by atoms with E-state index >= 15 is 0 Å². The summed E-state index contributed by atoms with van der Waals surface area (Å²) in [7, 11) is 0. The molecule has 0 aliphatic carbocycles. The molecule has 1 aliphatic rings. The number of carbonyl (C=O) groups is 1. The Hall–Kier alpha value is -1.95. The Morgan fingerprint density at radius 1 is 1.52 bits per heavy atom. The fraction of sp³-hybridized carbons (Fsp3) is 0.588. The zero-order chi connectivity index (χ0) is 16.4. The van der Waals surface area contributed by atoms with E-state index < -0.39 is 0 Å². The second kappa shape index (κ2) is 6.66. The van der Waals surface area contributed by atoms with Gasteiger partial charge in [0, 0.05) is 24.9 Å². The molecule has 0 bridgehead atoms. The lowest BCUT2D eigenvalue weighted by molar-refractivity contribution is 0.0536. The number of carbonyl (C=O) groups excluding carboxylic acids is 1. The van der Waals surface area contributed by atoms with E-state index in [2.05, 4.69) is 29.2 Å². The third-order valence-electron chi connectivity index (χ3n) is 4.23. The third kappa shape index (κ3) is 3.37. The van der Waals surface area contributed by atoms with Gasteiger partial charge in [0.15, 0.2) is 5.65 Å². The van der Waals surface area contributed by atoms with Gasteiger partial charge in [-0.2, -0.15) is 5.10 Å². The second-order valence-electron chi connectivity index (χ2n) is 6.52. The Bertz CT molecular complexity index is 702. The molecule has 2 aromatic heterocycles. The van der Waals surface area contributed by atoms with Crippen LogP contribution >= 0.6 is 0 Å². The van der Waals surface area contributed by atoms with Crippen LogP contribution in [0, 0.1) is 12.8 Å². The normalized spacial score (nSPS) is 18.5. The number of aryl methyl sites for hydroxylation is 1. The predicted molar refractivity (Wildman–Crippen MR) is 88.5 cm³/mol. The van der Waals surface area contributed by atoms with Crippen molar-refractivity contribution < 1.29 is 9.53 Å². The molecule has 0 radical (unpaired) electrons. The SMILES string of the molecule is Cc1cc(C(=O)NC[C@H]2CCCOC2)c2cnn(C(C)C)c2n1. The standard InChI is InChI=1S/C17H24N4O2/c1-11(2)21-16-15(9-19-21)14(7-12(3)20-16)17(22)18-8-13-5-4-6-23-10-13/h7,9,11,13H,4-6,8,10H2,1-3H3,(H,18,22)/t13-/m1/s1. The van der Waals surface area contributed by atoms with E-state index in [9.17, 15) is 4.79 Å². The summed E-state index contributed by atoms with van der Waals surface area (Å²) < 4.78 is 7.32. The van der Waals surface area contributed by atoms with Crippen LogP contribution in [0.4, 0.5) is 0 Å². The van der Waals surface area contributed by atoms with Crippen LogP contribution in [-0.4, -0.2) is 40.4 Å². The van der Waals surface area contributed by atoms with Crippen LogP contribution in [0.15, 0.2) is 12.3 Å². The minimum absolute atomic E-state index is 0.0608. The number of amides is 1. The molecule has 0 saturated carbocycles. The monoisotopic (exact) mass is 316 g/mol. The number of fused-ring (bicyclic) bond motifs is 1. The molecule has 1 N–H and O–H groups in total. The third-order valence-corrected chi connectivity index (χ3v) is 4.23. The maximum Gasteiger partial charge on any atom is 0.252 e. The summed E-state index contributed by atoms with van der Waals surface area (Å²) in [6.07, 6.45) is 3.91. The van der Waals surface area contributed by atoms with E-state index in [0.29, 0.717) is 18.0 Å². The zero-order valence-corrected chi connectivity index (χ0v) is 14.0. The molecule has 3 heterocycles. The van der Waals surface area contributed by atoms with Crippen LogP contribution in [0.25, 0.3) is 11.0 Å². The molecule has 1 amide bonds. The number of aromatic nitrogens is 3. The highest BCUT2D eigenvalue weighted by atomic mass is 16.5. The van der Waals surface area contributed by atoms with Gasteiger partial charge in [0.25, 0.3) is 5.91 Å². The van der Waals surface area contributed by atoms with Gasteiger partial charge in [-0.25, -0.2) is 9.67 Å². The first-order valence-corrected chi connectivity index (χ1v) is 8.27. The molecule has 0 unspecified atom stereocenters. The van der Waals surface area contributed by atoms with E-state index in [-0.39, 0.29) is 11.9 Å². The van der Waals surface area contributed by atoms with Crippen LogP contribution in [0.2, 0.25) is 0 Å². The van der Waals surface area contributed by atoms with E-state index in [0.717, 1.165) is 42.8 Å². The van der Waals surface area contributed by atoms with Crippen molar-refractivity contribution in [2.24, 2.45) is 5.92 Å². The number of hydrogen-bond donors (Lipinski definition) is 1. The first-order valence-electron chi connectivity index (χ1n) is 8.27. The van der Waals surface area contributed by atoms with Crippen molar-refractivity contribution in [2.75, 3.05) is 19.8 Å². The second-order valence-corrected chi connectivity index (χ2v) is 6.52. The molecule has 23 heavy (non-hydrogen) atoms. The Balaban J connectivity index is 1.82. The molecule has 6 heteroatoms. The van der Waals surface area contributed by atoms with Crippen LogP contribution < -0.4 is 5.32 Å². The highest BCUT2D eigenvalue weighted by Gasteiger charge is 2.19. The zero-order valence-electron chi connectivity index (χ0n) is 14.0. The Kier molecular flexibility index (Phi) is 4.61. The molecule has 2 aromatic rings. The fourth-order valence-corrected chi connectivity index (χ4v) is 3.01. The van der Waals surface area contributed by atoms with Crippen molar-refractivity contribution in [1.29, 1.82) is 0 Å². The molecular weight excluding hydrogens is 292 g/mol. The maximum absolute atomic E-state index is 12.6. The molecule has 1 saturated heterocycles. The van der Waals surface area contributed by atoms with Gasteiger partial charge in [0.2, 0.25) is 0 Å². The Morgan fingerprint density at radius 2 is 2.35 bits per heavy atom. The van der Waals surface area contributed by atoms with E-state index in [4.69, 9.17) is 4.74 Å². The van der Waals surface area contributed by atoms with Gasteiger partial charge in [-0.05, 0) is 45.6 Å². The van der Waals surface area contributed by atoms with Crippen molar-refractivity contribution >= 4 is 16.9 Å². The number of hydrogen-bond acceptors (Lipinski definition) is 4. The lowest BCUT2D eigenvalue weighted by Gasteiger charge is -2.22. The van der Waals surface area contributed by atoms with Gasteiger partial charge >= 0.3 is 0 Å². The van der Waals surface area contributed by atoms with Crippen molar-refractivity contribution in [2.45, 2.75) is 39.7 Å².